The van der Waals surface area contributed by atoms with E-state index in [0.717, 1.165) is 6.07 Å². The molecule has 0 aliphatic heterocycles. The third-order valence-corrected chi connectivity index (χ3v) is 2.85. The summed E-state index contributed by atoms with van der Waals surface area (Å²) in [5.41, 5.74) is 5.07. The minimum absolute atomic E-state index is 0.0433. The molecule has 1 aromatic rings. The monoisotopic (exact) mass is 313 g/mol. The summed E-state index contributed by atoms with van der Waals surface area (Å²) in [4.78, 5) is 22.1. The molecule has 0 fully saturated rings. The highest BCUT2D eigenvalue weighted by Crippen LogP contribution is 2.35. The fourth-order valence-electron chi connectivity index (χ4n) is 1.72. The second-order valence-electron chi connectivity index (χ2n) is 4.39. The van der Waals surface area contributed by atoms with Crippen LogP contribution in [0.15, 0.2) is 12.1 Å². The Morgan fingerprint density at radius 2 is 2.18 bits per heavy atom. The summed E-state index contributed by atoms with van der Waals surface area (Å²) < 4.78 is 10.5. The summed E-state index contributed by atoms with van der Waals surface area (Å²) in [6.07, 6.45) is -0.889. The SMILES string of the molecule is COc1cc(CO)c([N+](=O)[O-])cc1OC(C)C(=O)NCCN. The first-order valence-electron chi connectivity index (χ1n) is 6.55. The number of aliphatic hydroxyl groups is 1. The van der Waals surface area contributed by atoms with Gasteiger partial charge in [0.15, 0.2) is 17.6 Å². The lowest BCUT2D eigenvalue weighted by molar-refractivity contribution is -0.386. The third kappa shape index (κ3) is 4.30. The van der Waals surface area contributed by atoms with Crippen LogP contribution in [-0.4, -0.2) is 42.2 Å². The zero-order chi connectivity index (χ0) is 16.7. The van der Waals surface area contributed by atoms with Gasteiger partial charge in [0.2, 0.25) is 0 Å². The predicted molar refractivity (Wildman–Crippen MR) is 77.7 cm³/mol. The molecule has 1 aromatic carbocycles. The van der Waals surface area contributed by atoms with Crippen LogP contribution in [0.25, 0.3) is 0 Å². The van der Waals surface area contributed by atoms with E-state index in [1.165, 1.54) is 20.1 Å². The number of hydrogen-bond donors (Lipinski definition) is 3. The Balaban J connectivity index is 3.04. The molecule has 22 heavy (non-hydrogen) atoms. The van der Waals surface area contributed by atoms with Crippen LogP contribution in [0.2, 0.25) is 0 Å². The van der Waals surface area contributed by atoms with Crippen LogP contribution in [0.4, 0.5) is 5.69 Å². The molecule has 1 unspecified atom stereocenters. The highest BCUT2D eigenvalue weighted by atomic mass is 16.6. The van der Waals surface area contributed by atoms with Gasteiger partial charge in [0.05, 0.1) is 30.3 Å². The van der Waals surface area contributed by atoms with E-state index < -0.39 is 23.5 Å². The molecular weight excluding hydrogens is 294 g/mol. The number of amides is 1. The van der Waals surface area contributed by atoms with E-state index >= 15 is 0 Å². The number of nitro groups is 1. The lowest BCUT2D eigenvalue weighted by Gasteiger charge is -2.17. The molecule has 1 atom stereocenters. The van der Waals surface area contributed by atoms with Gasteiger partial charge >= 0.3 is 0 Å². The van der Waals surface area contributed by atoms with Gasteiger partial charge in [-0.1, -0.05) is 0 Å². The van der Waals surface area contributed by atoms with Crippen LogP contribution in [0, 0.1) is 10.1 Å². The minimum atomic E-state index is -0.889. The Bertz CT molecular complexity index is 549. The van der Waals surface area contributed by atoms with Gasteiger partial charge in [0, 0.05) is 13.1 Å². The molecule has 1 amide bonds. The molecule has 0 radical (unpaired) electrons. The number of ether oxygens (including phenoxy) is 2. The van der Waals surface area contributed by atoms with Crippen LogP contribution < -0.4 is 20.5 Å². The number of rotatable bonds is 8. The summed E-state index contributed by atoms with van der Waals surface area (Å²) in [6, 6.07) is 2.43. The van der Waals surface area contributed by atoms with Gasteiger partial charge in [-0.3, -0.25) is 14.9 Å². The van der Waals surface area contributed by atoms with Crippen LogP contribution in [0.1, 0.15) is 12.5 Å². The van der Waals surface area contributed by atoms with Gasteiger partial charge in [-0.25, -0.2) is 0 Å². The van der Waals surface area contributed by atoms with Crippen molar-refractivity contribution in [2.45, 2.75) is 19.6 Å². The Kier molecular flexibility index (Phi) is 6.54. The smallest absolute Gasteiger partial charge is 0.278 e. The Hall–Kier alpha value is -2.39. The van der Waals surface area contributed by atoms with Gasteiger partial charge < -0.3 is 25.6 Å². The maximum atomic E-state index is 11.7. The molecule has 0 aliphatic rings. The molecule has 0 spiro atoms. The number of nitro benzene ring substituents is 1. The molecule has 122 valence electrons. The molecule has 0 aromatic heterocycles. The highest BCUT2D eigenvalue weighted by molar-refractivity contribution is 5.80. The van der Waals surface area contributed by atoms with Crippen LogP contribution >= 0.6 is 0 Å². The average Bonchev–Trinajstić information content (AvgIpc) is 2.51. The number of nitrogens with zero attached hydrogens (tertiary/aromatic N) is 1. The molecule has 0 heterocycles. The van der Waals surface area contributed by atoms with Crippen molar-refractivity contribution in [1.29, 1.82) is 0 Å². The van der Waals surface area contributed by atoms with Crippen LogP contribution in [0.5, 0.6) is 11.5 Å². The van der Waals surface area contributed by atoms with Crippen molar-refractivity contribution in [2.75, 3.05) is 20.2 Å². The number of benzene rings is 1. The fraction of sp³-hybridized carbons (Fsp3) is 0.462. The molecule has 0 saturated carbocycles. The van der Waals surface area contributed by atoms with Gasteiger partial charge in [-0.15, -0.1) is 0 Å². The molecule has 9 nitrogen and oxygen atoms in total. The van der Waals surface area contributed by atoms with Gasteiger partial charge in [-0.05, 0) is 13.0 Å². The summed E-state index contributed by atoms with van der Waals surface area (Å²) in [5.74, 6) is -0.170. The van der Waals surface area contributed by atoms with E-state index in [9.17, 15) is 14.9 Å². The number of carbonyl (C=O) groups excluding carboxylic acids is 1. The summed E-state index contributed by atoms with van der Waals surface area (Å²) in [6.45, 7) is 1.57. The van der Waals surface area contributed by atoms with E-state index in [4.69, 9.17) is 20.3 Å². The lowest BCUT2D eigenvalue weighted by atomic mass is 10.1. The lowest BCUT2D eigenvalue weighted by Crippen LogP contribution is -2.38. The van der Waals surface area contributed by atoms with E-state index in [2.05, 4.69) is 5.32 Å². The van der Waals surface area contributed by atoms with E-state index in [1.54, 1.807) is 0 Å². The second kappa shape index (κ2) is 8.15. The van der Waals surface area contributed by atoms with Crippen molar-refractivity contribution >= 4 is 11.6 Å². The number of nitrogens with two attached hydrogens (primary N) is 1. The summed E-state index contributed by atoms with van der Waals surface area (Å²) >= 11 is 0. The number of methoxy groups -OCH3 is 1. The maximum absolute atomic E-state index is 11.7. The van der Waals surface area contributed by atoms with Gasteiger partial charge in [0.1, 0.15) is 0 Å². The highest BCUT2D eigenvalue weighted by Gasteiger charge is 2.22. The van der Waals surface area contributed by atoms with E-state index in [1.807, 2.05) is 0 Å². The molecule has 0 saturated heterocycles. The zero-order valence-corrected chi connectivity index (χ0v) is 12.4. The standard InChI is InChI=1S/C13H19N3O6/c1-8(13(18)15-4-3-14)22-12-6-10(16(19)20)9(7-17)5-11(12)21-2/h5-6,8,17H,3-4,7,14H2,1-2H3,(H,15,18). The zero-order valence-electron chi connectivity index (χ0n) is 12.4. The van der Waals surface area contributed by atoms with Crippen molar-refractivity contribution in [3.63, 3.8) is 0 Å². The molecule has 9 heteroatoms. The van der Waals surface area contributed by atoms with Crippen molar-refractivity contribution < 1.29 is 24.3 Å². The molecular formula is C13H19N3O6. The number of carbonyl (C=O) groups is 1. The maximum Gasteiger partial charge on any atom is 0.278 e. The van der Waals surface area contributed by atoms with Crippen molar-refractivity contribution in [2.24, 2.45) is 5.73 Å². The average molecular weight is 313 g/mol. The summed E-state index contributed by atoms with van der Waals surface area (Å²) in [5, 5.41) is 22.7. The van der Waals surface area contributed by atoms with Crippen molar-refractivity contribution in [1.82, 2.24) is 5.32 Å². The quantitative estimate of drug-likeness (QED) is 0.451. The minimum Gasteiger partial charge on any atom is -0.493 e. The van der Waals surface area contributed by atoms with Gasteiger partial charge in [0.25, 0.3) is 11.6 Å². The Morgan fingerprint density at radius 3 is 2.68 bits per heavy atom. The molecule has 0 bridgehead atoms. The largest absolute Gasteiger partial charge is 0.493 e. The Labute approximate surface area is 127 Å². The number of nitrogens with one attached hydrogen (secondary N) is 1. The third-order valence-electron chi connectivity index (χ3n) is 2.85. The van der Waals surface area contributed by atoms with Crippen LogP contribution in [0.3, 0.4) is 0 Å². The van der Waals surface area contributed by atoms with Crippen molar-refractivity contribution in [3.05, 3.63) is 27.8 Å². The topological polar surface area (TPSA) is 137 Å². The van der Waals surface area contributed by atoms with Crippen LogP contribution in [-0.2, 0) is 11.4 Å². The molecule has 4 N–H and O–H groups in total. The Morgan fingerprint density at radius 1 is 1.50 bits per heavy atom. The molecule has 0 aliphatic carbocycles. The van der Waals surface area contributed by atoms with Crippen molar-refractivity contribution in [3.8, 4) is 11.5 Å². The van der Waals surface area contributed by atoms with Gasteiger partial charge in [-0.2, -0.15) is 0 Å². The first-order chi connectivity index (χ1) is 10.4. The van der Waals surface area contributed by atoms with E-state index in [0.29, 0.717) is 13.1 Å². The first kappa shape index (κ1) is 17.7. The first-order valence-corrected chi connectivity index (χ1v) is 6.55. The van der Waals surface area contributed by atoms with E-state index in [-0.39, 0.29) is 22.7 Å². The summed E-state index contributed by atoms with van der Waals surface area (Å²) in [7, 11) is 1.36. The fourth-order valence-corrected chi connectivity index (χ4v) is 1.72. The normalized spacial score (nSPS) is 11.6. The predicted octanol–water partition coefficient (Wildman–Crippen LogP) is -0.0621. The number of hydrogen-bond acceptors (Lipinski definition) is 7. The second-order valence-corrected chi connectivity index (χ2v) is 4.39. The number of aliphatic hydroxyl groups excluding tert-OH is 1. The molecule has 1 rings (SSSR count).